The average Bonchev–Trinajstić information content (AvgIpc) is 2.74. The van der Waals surface area contributed by atoms with E-state index in [1.165, 1.54) is 0 Å². The molecule has 3 aromatic rings. The summed E-state index contributed by atoms with van der Waals surface area (Å²) in [5.41, 5.74) is 2.26. The molecule has 3 rings (SSSR count). The number of carbonyl (C=O) groups is 2. The Kier molecular flexibility index (Phi) is 7.04. The van der Waals surface area contributed by atoms with Crippen molar-refractivity contribution in [3.8, 4) is 0 Å². The fourth-order valence-electron chi connectivity index (χ4n) is 3.13. The molecule has 0 radical (unpaired) electrons. The van der Waals surface area contributed by atoms with Crippen LogP contribution in [0.2, 0.25) is 5.02 Å². The lowest BCUT2D eigenvalue weighted by Gasteiger charge is -2.21. The summed E-state index contributed by atoms with van der Waals surface area (Å²) in [5, 5.41) is 6.33. The highest BCUT2D eigenvalue weighted by atomic mass is 35.5. The van der Waals surface area contributed by atoms with Gasteiger partial charge in [0.2, 0.25) is 5.91 Å². The van der Waals surface area contributed by atoms with Crippen LogP contribution in [-0.2, 0) is 4.79 Å². The molecular formula is C24H23ClN2O2. The van der Waals surface area contributed by atoms with Gasteiger partial charge in [-0.05, 0) is 30.2 Å². The number of halogens is 1. The molecule has 0 bridgehead atoms. The highest BCUT2D eigenvalue weighted by Gasteiger charge is 2.21. The predicted molar refractivity (Wildman–Crippen MR) is 116 cm³/mol. The van der Waals surface area contributed by atoms with Crippen LogP contribution in [0.4, 0.5) is 0 Å². The van der Waals surface area contributed by atoms with E-state index >= 15 is 0 Å². The minimum atomic E-state index is -0.469. The molecule has 5 heteroatoms. The van der Waals surface area contributed by atoms with Gasteiger partial charge in [-0.3, -0.25) is 9.59 Å². The number of hydrogen-bond donors (Lipinski definition) is 2. The maximum atomic E-state index is 12.7. The zero-order valence-corrected chi connectivity index (χ0v) is 16.9. The topological polar surface area (TPSA) is 58.2 Å². The van der Waals surface area contributed by atoms with Crippen LogP contribution in [0.15, 0.2) is 84.9 Å². The Labute approximate surface area is 175 Å². The van der Waals surface area contributed by atoms with Gasteiger partial charge in [-0.1, -0.05) is 84.4 Å². The summed E-state index contributed by atoms with van der Waals surface area (Å²) in [6.45, 7) is 1.94. The molecule has 2 unspecified atom stereocenters. The van der Waals surface area contributed by atoms with Crippen LogP contribution in [0.5, 0.6) is 0 Å². The molecule has 0 fully saturated rings. The molecule has 2 N–H and O–H groups in total. The fraction of sp³-hybridized carbons (Fsp3) is 0.167. The Morgan fingerprint density at radius 1 is 0.793 bits per heavy atom. The van der Waals surface area contributed by atoms with Gasteiger partial charge < -0.3 is 10.6 Å². The molecule has 0 saturated carbocycles. The van der Waals surface area contributed by atoms with Crippen molar-refractivity contribution >= 4 is 23.4 Å². The van der Waals surface area contributed by atoms with Gasteiger partial charge in [0, 0.05) is 0 Å². The molecule has 0 heterocycles. The van der Waals surface area contributed by atoms with E-state index in [4.69, 9.17) is 11.6 Å². The van der Waals surface area contributed by atoms with Crippen molar-refractivity contribution in [3.63, 3.8) is 0 Å². The van der Waals surface area contributed by atoms with Crippen molar-refractivity contribution in [2.45, 2.75) is 25.4 Å². The van der Waals surface area contributed by atoms with E-state index in [0.29, 0.717) is 10.6 Å². The summed E-state index contributed by atoms with van der Waals surface area (Å²) in [6.07, 6.45) is 0.122. The molecule has 2 atom stereocenters. The lowest BCUT2D eigenvalue weighted by atomic mass is 10.0. The van der Waals surface area contributed by atoms with Gasteiger partial charge in [0.25, 0.3) is 5.91 Å². The van der Waals surface area contributed by atoms with Crippen LogP contribution in [0.3, 0.4) is 0 Å². The standard InChI is InChI=1S/C24H23ClN2O2/c1-17(18-10-4-2-5-11-18)26-23(28)16-22(19-12-6-3-7-13-19)27-24(29)20-14-8-9-15-21(20)25/h2-15,17,22H,16H2,1H3,(H,26,28)(H,27,29). The second-order valence-corrected chi connectivity index (χ2v) is 7.23. The normalized spacial score (nSPS) is 12.6. The van der Waals surface area contributed by atoms with Gasteiger partial charge in [0.1, 0.15) is 0 Å². The molecule has 0 aliphatic carbocycles. The van der Waals surface area contributed by atoms with Crippen LogP contribution in [0.25, 0.3) is 0 Å². The molecule has 0 spiro atoms. The Hall–Kier alpha value is -3.11. The Morgan fingerprint density at radius 3 is 1.97 bits per heavy atom. The predicted octanol–water partition coefficient (Wildman–Crippen LogP) is 5.08. The largest absolute Gasteiger partial charge is 0.350 e. The van der Waals surface area contributed by atoms with Crippen LogP contribution in [0, 0.1) is 0 Å². The van der Waals surface area contributed by atoms with Crippen LogP contribution < -0.4 is 10.6 Å². The first-order chi connectivity index (χ1) is 14.0. The molecule has 2 amide bonds. The van der Waals surface area contributed by atoms with E-state index < -0.39 is 6.04 Å². The Morgan fingerprint density at radius 2 is 1.34 bits per heavy atom. The summed E-state index contributed by atoms with van der Waals surface area (Å²) in [4.78, 5) is 25.5. The molecule has 29 heavy (non-hydrogen) atoms. The summed E-state index contributed by atoms with van der Waals surface area (Å²) in [5.74, 6) is -0.456. The van der Waals surface area contributed by atoms with Crippen LogP contribution in [-0.4, -0.2) is 11.8 Å². The summed E-state index contributed by atoms with van der Waals surface area (Å²) < 4.78 is 0. The molecule has 4 nitrogen and oxygen atoms in total. The van der Waals surface area contributed by atoms with Crippen LogP contribution in [0.1, 0.15) is 46.9 Å². The second-order valence-electron chi connectivity index (χ2n) is 6.82. The highest BCUT2D eigenvalue weighted by Crippen LogP contribution is 2.21. The molecule has 0 aliphatic rings. The van der Waals surface area contributed by atoms with Gasteiger partial charge in [-0.15, -0.1) is 0 Å². The zero-order valence-electron chi connectivity index (χ0n) is 16.1. The van der Waals surface area contributed by atoms with E-state index in [0.717, 1.165) is 11.1 Å². The summed E-state index contributed by atoms with van der Waals surface area (Å²) in [7, 11) is 0. The van der Waals surface area contributed by atoms with Crippen molar-refractivity contribution in [2.24, 2.45) is 0 Å². The van der Waals surface area contributed by atoms with Gasteiger partial charge in [0.15, 0.2) is 0 Å². The van der Waals surface area contributed by atoms with Gasteiger partial charge in [-0.25, -0.2) is 0 Å². The highest BCUT2D eigenvalue weighted by molar-refractivity contribution is 6.33. The first kappa shape index (κ1) is 20.6. The minimum Gasteiger partial charge on any atom is -0.350 e. The number of carbonyl (C=O) groups excluding carboxylic acids is 2. The number of benzene rings is 3. The van der Waals surface area contributed by atoms with Gasteiger partial charge in [0.05, 0.1) is 29.1 Å². The maximum Gasteiger partial charge on any atom is 0.253 e. The Bertz CT molecular complexity index is 961. The molecule has 3 aromatic carbocycles. The van der Waals surface area contributed by atoms with Crippen molar-refractivity contribution in [1.29, 1.82) is 0 Å². The first-order valence-electron chi connectivity index (χ1n) is 9.49. The van der Waals surface area contributed by atoms with E-state index in [1.54, 1.807) is 24.3 Å². The molecule has 0 aliphatic heterocycles. The Balaban J connectivity index is 1.73. The zero-order chi connectivity index (χ0) is 20.6. The van der Waals surface area contributed by atoms with Crippen molar-refractivity contribution < 1.29 is 9.59 Å². The molecule has 148 valence electrons. The summed E-state index contributed by atoms with van der Waals surface area (Å²) >= 11 is 6.15. The van der Waals surface area contributed by atoms with E-state index in [-0.39, 0.29) is 24.3 Å². The third kappa shape index (κ3) is 5.69. The number of nitrogens with one attached hydrogen (secondary N) is 2. The number of amides is 2. The number of rotatable bonds is 7. The first-order valence-corrected chi connectivity index (χ1v) is 9.87. The second kappa shape index (κ2) is 9.89. The lowest BCUT2D eigenvalue weighted by molar-refractivity contribution is -0.122. The maximum absolute atomic E-state index is 12.7. The van der Waals surface area contributed by atoms with Crippen LogP contribution >= 0.6 is 11.6 Å². The SMILES string of the molecule is CC(NC(=O)CC(NC(=O)c1ccccc1Cl)c1ccccc1)c1ccccc1. The average molecular weight is 407 g/mol. The van der Waals surface area contributed by atoms with Gasteiger partial charge in [-0.2, -0.15) is 0 Å². The number of hydrogen-bond acceptors (Lipinski definition) is 2. The minimum absolute atomic E-state index is 0.122. The quantitative estimate of drug-likeness (QED) is 0.575. The lowest BCUT2D eigenvalue weighted by Crippen LogP contribution is -2.34. The molecule has 0 aromatic heterocycles. The van der Waals surface area contributed by atoms with E-state index in [9.17, 15) is 9.59 Å². The summed E-state index contributed by atoms with van der Waals surface area (Å²) in [6, 6.07) is 25.5. The third-order valence-electron chi connectivity index (χ3n) is 4.69. The molecular weight excluding hydrogens is 384 g/mol. The third-order valence-corrected chi connectivity index (χ3v) is 5.02. The fourth-order valence-corrected chi connectivity index (χ4v) is 3.35. The van der Waals surface area contributed by atoms with Gasteiger partial charge >= 0.3 is 0 Å². The molecule has 0 saturated heterocycles. The van der Waals surface area contributed by atoms with Crippen molar-refractivity contribution in [2.75, 3.05) is 0 Å². The van der Waals surface area contributed by atoms with Crippen molar-refractivity contribution in [1.82, 2.24) is 10.6 Å². The van der Waals surface area contributed by atoms with E-state index in [1.807, 2.05) is 67.6 Å². The monoisotopic (exact) mass is 406 g/mol. The van der Waals surface area contributed by atoms with E-state index in [2.05, 4.69) is 10.6 Å². The smallest absolute Gasteiger partial charge is 0.253 e. The van der Waals surface area contributed by atoms with Crippen molar-refractivity contribution in [3.05, 3.63) is 107 Å².